The number of rotatable bonds is 6. The molecule has 1 fully saturated rings. The molecule has 132 valence electrons. The Bertz CT molecular complexity index is 581. The zero-order chi connectivity index (χ0) is 17.7. The van der Waals surface area contributed by atoms with Gasteiger partial charge in [-0.05, 0) is 18.1 Å². The van der Waals surface area contributed by atoms with Crippen LogP contribution >= 0.6 is 0 Å². The van der Waals surface area contributed by atoms with Crippen LogP contribution in [0.25, 0.3) is 0 Å². The van der Waals surface area contributed by atoms with Crippen molar-refractivity contribution in [3.63, 3.8) is 0 Å². The van der Waals surface area contributed by atoms with Crippen LogP contribution in [0.4, 0.5) is 4.39 Å². The van der Waals surface area contributed by atoms with Crippen LogP contribution in [0.2, 0.25) is 0 Å². The number of nitrogens with zero attached hydrogens (tertiary/aromatic N) is 2. The predicted octanol–water partition coefficient (Wildman–Crippen LogP) is -0.388. The number of carbonyl (C=O) groups excluding carboxylic acids is 2. The molecular formula is C16H22FN3O4. The number of nitrogens with one attached hydrogen (secondary N) is 1. The monoisotopic (exact) mass is 339 g/mol. The third kappa shape index (κ3) is 4.27. The van der Waals surface area contributed by atoms with Gasteiger partial charge in [-0.2, -0.15) is 4.39 Å². The summed E-state index contributed by atoms with van der Waals surface area (Å²) in [6.07, 6.45) is 1.16. The number of halogens is 1. The second kappa shape index (κ2) is 8.16. The van der Waals surface area contributed by atoms with Crippen LogP contribution in [0.3, 0.4) is 0 Å². The number of hydrogen-bond acceptors (Lipinski definition) is 5. The minimum Gasteiger partial charge on any atom is -0.394 e. The van der Waals surface area contributed by atoms with Crippen LogP contribution in [0.1, 0.15) is 25.3 Å². The summed E-state index contributed by atoms with van der Waals surface area (Å²) in [5.74, 6) is -1.05. The molecule has 1 aromatic heterocycles. The number of amides is 2. The Morgan fingerprint density at radius 1 is 1.46 bits per heavy atom. The summed E-state index contributed by atoms with van der Waals surface area (Å²) in [5, 5.41) is 22.3. The van der Waals surface area contributed by atoms with E-state index in [-0.39, 0.29) is 37.8 Å². The molecule has 3 atom stereocenters. The van der Waals surface area contributed by atoms with E-state index < -0.39 is 24.1 Å². The number of pyridine rings is 1. The average molecular weight is 339 g/mol. The Morgan fingerprint density at radius 2 is 2.21 bits per heavy atom. The van der Waals surface area contributed by atoms with E-state index in [1.807, 2.05) is 0 Å². The molecule has 2 amide bonds. The third-order valence-electron chi connectivity index (χ3n) is 4.19. The minimum absolute atomic E-state index is 0.144. The van der Waals surface area contributed by atoms with Crippen molar-refractivity contribution in [3.8, 4) is 0 Å². The molecule has 1 aliphatic heterocycles. The van der Waals surface area contributed by atoms with Gasteiger partial charge in [-0.3, -0.25) is 9.59 Å². The molecule has 8 heteroatoms. The van der Waals surface area contributed by atoms with Gasteiger partial charge in [-0.1, -0.05) is 13.0 Å². The molecule has 3 N–H and O–H groups in total. The lowest BCUT2D eigenvalue weighted by molar-refractivity contribution is -0.133. The molecule has 1 aromatic rings. The van der Waals surface area contributed by atoms with Gasteiger partial charge in [0.25, 0.3) is 0 Å². The maximum absolute atomic E-state index is 12.8. The van der Waals surface area contributed by atoms with Gasteiger partial charge in [0.1, 0.15) is 0 Å². The third-order valence-corrected chi connectivity index (χ3v) is 4.19. The van der Waals surface area contributed by atoms with Crippen LogP contribution in [0, 0.1) is 5.95 Å². The van der Waals surface area contributed by atoms with Gasteiger partial charge in [-0.25, -0.2) is 4.98 Å². The van der Waals surface area contributed by atoms with Crippen LogP contribution in [0.15, 0.2) is 18.3 Å². The minimum atomic E-state index is -1.01. The maximum Gasteiger partial charge on any atom is 0.223 e. The molecule has 0 bridgehead atoms. The maximum atomic E-state index is 12.8. The number of carbonyl (C=O) groups is 2. The number of likely N-dealkylation sites (tertiary alicyclic amines) is 1. The van der Waals surface area contributed by atoms with Crippen LogP contribution < -0.4 is 5.32 Å². The standard InChI is InChI=1S/C16H22FN3O4/c1-2-14(22)19-11-8-20(12(9-21)16(11)24)15(23)6-4-10-3-5-13(17)18-7-10/h3,5,7,11-12,16,21,24H,2,4,6,8-9H2,1H3,(H,19,22)/t11-,12-,16+/m0/s1. The number of aliphatic hydroxyl groups excluding tert-OH is 2. The summed E-state index contributed by atoms with van der Waals surface area (Å²) in [6, 6.07) is 1.45. The van der Waals surface area contributed by atoms with E-state index >= 15 is 0 Å². The lowest BCUT2D eigenvalue weighted by Crippen LogP contribution is -2.45. The van der Waals surface area contributed by atoms with Gasteiger partial charge < -0.3 is 20.4 Å². The highest BCUT2D eigenvalue weighted by Gasteiger charge is 2.42. The summed E-state index contributed by atoms with van der Waals surface area (Å²) < 4.78 is 12.8. The summed E-state index contributed by atoms with van der Waals surface area (Å²) in [7, 11) is 0. The van der Waals surface area contributed by atoms with Gasteiger partial charge in [0.05, 0.1) is 24.8 Å². The van der Waals surface area contributed by atoms with E-state index in [4.69, 9.17) is 0 Å². The number of aliphatic hydroxyl groups is 2. The molecule has 2 heterocycles. The van der Waals surface area contributed by atoms with Gasteiger partial charge >= 0.3 is 0 Å². The van der Waals surface area contributed by atoms with Gasteiger partial charge in [0.2, 0.25) is 17.8 Å². The summed E-state index contributed by atoms with van der Waals surface area (Å²) in [5.41, 5.74) is 0.723. The quantitative estimate of drug-likeness (QED) is 0.613. The van der Waals surface area contributed by atoms with E-state index in [0.29, 0.717) is 6.42 Å². The van der Waals surface area contributed by atoms with Crippen molar-refractivity contribution in [1.82, 2.24) is 15.2 Å². The molecule has 0 saturated carbocycles. The fourth-order valence-electron chi connectivity index (χ4n) is 2.79. The Labute approximate surface area is 139 Å². The molecule has 0 spiro atoms. The highest BCUT2D eigenvalue weighted by molar-refractivity contribution is 5.78. The van der Waals surface area contributed by atoms with Crippen molar-refractivity contribution >= 4 is 11.8 Å². The van der Waals surface area contributed by atoms with Crippen molar-refractivity contribution in [2.45, 2.75) is 44.4 Å². The molecule has 0 aliphatic carbocycles. The molecule has 24 heavy (non-hydrogen) atoms. The van der Waals surface area contributed by atoms with E-state index in [0.717, 1.165) is 5.56 Å². The Hall–Kier alpha value is -2.06. The molecule has 7 nitrogen and oxygen atoms in total. The van der Waals surface area contributed by atoms with Crippen molar-refractivity contribution in [3.05, 3.63) is 29.8 Å². The normalized spacial score (nSPS) is 23.3. The number of aromatic nitrogens is 1. The van der Waals surface area contributed by atoms with Crippen molar-refractivity contribution in [2.75, 3.05) is 13.2 Å². The van der Waals surface area contributed by atoms with E-state index in [9.17, 15) is 24.2 Å². The van der Waals surface area contributed by atoms with Crippen LogP contribution in [-0.4, -0.2) is 63.3 Å². The topological polar surface area (TPSA) is 103 Å². The first-order chi connectivity index (χ1) is 11.5. The molecule has 2 rings (SSSR count). The second-order valence-corrected chi connectivity index (χ2v) is 5.80. The SMILES string of the molecule is CCC(=O)N[C@H]1CN(C(=O)CCc2ccc(F)nc2)[C@@H](CO)[C@@H]1O. The highest BCUT2D eigenvalue weighted by Crippen LogP contribution is 2.20. The zero-order valence-electron chi connectivity index (χ0n) is 13.5. The molecule has 1 aliphatic rings. The molecule has 0 unspecified atom stereocenters. The molecule has 0 radical (unpaired) electrons. The van der Waals surface area contributed by atoms with Gasteiger partial charge in [-0.15, -0.1) is 0 Å². The van der Waals surface area contributed by atoms with Crippen LogP contribution in [-0.2, 0) is 16.0 Å². The van der Waals surface area contributed by atoms with E-state index in [2.05, 4.69) is 10.3 Å². The first kappa shape index (κ1) is 18.3. The fraction of sp³-hybridized carbons (Fsp3) is 0.562. The van der Waals surface area contributed by atoms with Crippen molar-refractivity contribution in [1.29, 1.82) is 0 Å². The number of aryl methyl sites for hydroxylation is 1. The first-order valence-corrected chi connectivity index (χ1v) is 7.94. The van der Waals surface area contributed by atoms with Crippen LogP contribution in [0.5, 0.6) is 0 Å². The molecule has 1 saturated heterocycles. The fourth-order valence-corrected chi connectivity index (χ4v) is 2.79. The summed E-state index contributed by atoms with van der Waals surface area (Å²) in [4.78, 5) is 28.8. The average Bonchev–Trinajstić information content (AvgIpc) is 2.89. The lowest BCUT2D eigenvalue weighted by atomic mass is 10.1. The summed E-state index contributed by atoms with van der Waals surface area (Å²) >= 11 is 0. The lowest BCUT2D eigenvalue weighted by Gasteiger charge is -2.24. The number of hydrogen-bond donors (Lipinski definition) is 3. The Kier molecular flexibility index (Phi) is 6.22. The van der Waals surface area contributed by atoms with Crippen molar-refractivity contribution < 1.29 is 24.2 Å². The Balaban J connectivity index is 1.96. The summed E-state index contributed by atoms with van der Waals surface area (Å²) in [6.45, 7) is 1.46. The first-order valence-electron chi connectivity index (χ1n) is 7.94. The van der Waals surface area contributed by atoms with E-state index in [1.165, 1.54) is 17.2 Å². The van der Waals surface area contributed by atoms with Gasteiger partial charge in [0, 0.05) is 25.6 Å². The van der Waals surface area contributed by atoms with E-state index in [1.54, 1.807) is 13.0 Å². The zero-order valence-corrected chi connectivity index (χ0v) is 13.5. The largest absolute Gasteiger partial charge is 0.394 e. The highest BCUT2D eigenvalue weighted by atomic mass is 19.1. The predicted molar refractivity (Wildman–Crippen MR) is 83.3 cm³/mol. The molecular weight excluding hydrogens is 317 g/mol. The Morgan fingerprint density at radius 3 is 2.79 bits per heavy atom. The van der Waals surface area contributed by atoms with Gasteiger partial charge in [0.15, 0.2) is 0 Å². The molecule has 0 aromatic carbocycles. The smallest absolute Gasteiger partial charge is 0.223 e. The second-order valence-electron chi connectivity index (χ2n) is 5.80. The van der Waals surface area contributed by atoms with Crippen molar-refractivity contribution in [2.24, 2.45) is 0 Å².